The lowest BCUT2D eigenvalue weighted by atomic mass is 9.83. The molecule has 96 valence electrons. The lowest BCUT2D eigenvalue weighted by Crippen LogP contribution is -2.42. The monoisotopic (exact) mass is 236 g/mol. The Morgan fingerprint density at radius 3 is 2.50 bits per heavy atom. The molecular formula is C11H22F2N2O. The highest BCUT2D eigenvalue weighted by Gasteiger charge is 2.22. The van der Waals surface area contributed by atoms with E-state index < -0.39 is 13.0 Å². The molecule has 1 fully saturated rings. The first-order chi connectivity index (χ1) is 7.74. The standard InChI is InChI=1S/C11H22F2N2O/c12-11(13)8-16-7-6-10(15-14)9-4-2-1-3-5-9/h9-11,15H,1-8,14H2. The lowest BCUT2D eigenvalue weighted by Gasteiger charge is -2.29. The van der Waals surface area contributed by atoms with Crippen molar-refractivity contribution in [3.63, 3.8) is 0 Å². The molecule has 0 aromatic carbocycles. The maximum atomic E-state index is 11.8. The topological polar surface area (TPSA) is 47.3 Å². The number of ether oxygens (including phenoxy) is 1. The van der Waals surface area contributed by atoms with Gasteiger partial charge in [-0.2, -0.15) is 0 Å². The second-order valence-corrected chi connectivity index (χ2v) is 4.43. The molecule has 1 atom stereocenters. The van der Waals surface area contributed by atoms with Gasteiger partial charge in [-0.3, -0.25) is 11.3 Å². The molecule has 1 aliphatic carbocycles. The van der Waals surface area contributed by atoms with Crippen molar-refractivity contribution in [1.82, 2.24) is 5.43 Å². The van der Waals surface area contributed by atoms with Gasteiger partial charge in [0.2, 0.25) is 0 Å². The molecule has 0 aromatic heterocycles. The van der Waals surface area contributed by atoms with E-state index in [4.69, 9.17) is 10.6 Å². The minimum absolute atomic E-state index is 0.206. The summed E-state index contributed by atoms with van der Waals surface area (Å²) in [6.45, 7) is -0.113. The van der Waals surface area contributed by atoms with Gasteiger partial charge in [0.1, 0.15) is 6.61 Å². The average molecular weight is 236 g/mol. The average Bonchev–Trinajstić information content (AvgIpc) is 2.30. The first-order valence-corrected chi connectivity index (χ1v) is 6.06. The van der Waals surface area contributed by atoms with Crippen molar-refractivity contribution >= 4 is 0 Å². The molecule has 0 saturated heterocycles. The summed E-state index contributed by atoms with van der Waals surface area (Å²) in [5.74, 6) is 6.07. The summed E-state index contributed by atoms with van der Waals surface area (Å²) >= 11 is 0. The zero-order valence-electron chi connectivity index (χ0n) is 9.63. The third kappa shape index (κ3) is 5.18. The Bertz CT molecular complexity index is 175. The van der Waals surface area contributed by atoms with Crippen LogP contribution in [0.3, 0.4) is 0 Å². The fraction of sp³-hybridized carbons (Fsp3) is 1.00. The van der Waals surface area contributed by atoms with Crippen LogP contribution < -0.4 is 11.3 Å². The van der Waals surface area contributed by atoms with E-state index in [-0.39, 0.29) is 6.04 Å². The first-order valence-electron chi connectivity index (χ1n) is 6.06. The van der Waals surface area contributed by atoms with Gasteiger partial charge in [-0.25, -0.2) is 8.78 Å². The van der Waals surface area contributed by atoms with Crippen LogP contribution >= 0.6 is 0 Å². The van der Waals surface area contributed by atoms with Crippen LogP contribution in [-0.4, -0.2) is 25.7 Å². The van der Waals surface area contributed by atoms with Crippen molar-refractivity contribution < 1.29 is 13.5 Å². The van der Waals surface area contributed by atoms with Crippen molar-refractivity contribution in [2.45, 2.75) is 51.0 Å². The maximum Gasteiger partial charge on any atom is 0.261 e. The smallest absolute Gasteiger partial charge is 0.261 e. The van der Waals surface area contributed by atoms with E-state index in [2.05, 4.69) is 5.43 Å². The van der Waals surface area contributed by atoms with Gasteiger partial charge < -0.3 is 4.74 Å². The molecule has 0 aromatic rings. The molecule has 16 heavy (non-hydrogen) atoms. The van der Waals surface area contributed by atoms with Crippen molar-refractivity contribution in [3.8, 4) is 0 Å². The highest BCUT2D eigenvalue weighted by molar-refractivity contribution is 4.77. The number of hydrogen-bond donors (Lipinski definition) is 2. The summed E-state index contributed by atoms with van der Waals surface area (Å²) in [4.78, 5) is 0. The summed E-state index contributed by atoms with van der Waals surface area (Å²) < 4.78 is 28.5. The van der Waals surface area contributed by atoms with Crippen molar-refractivity contribution in [2.75, 3.05) is 13.2 Å². The van der Waals surface area contributed by atoms with Crippen LogP contribution in [0.4, 0.5) is 8.78 Å². The van der Waals surface area contributed by atoms with Crippen molar-refractivity contribution in [1.29, 1.82) is 0 Å². The van der Waals surface area contributed by atoms with E-state index in [0.717, 1.165) is 0 Å². The molecule has 0 spiro atoms. The van der Waals surface area contributed by atoms with Gasteiger partial charge in [0.05, 0.1) is 0 Å². The lowest BCUT2D eigenvalue weighted by molar-refractivity contribution is 0.0121. The zero-order chi connectivity index (χ0) is 11.8. The normalized spacial score (nSPS) is 20.2. The fourth-order valence-electron chi connectivity index (χ4n) is 2.37. The molecule has 1 saturated carbocycles. The van der Waals surface area contributed by atoms with Crippen LogP contribution in [0.5, 0.6) is 0 Å². The Kier molecular flexibility index (Phi) is 6.84. The van der Waals surface area contributed by atoms with E-state index in [1.807, 2.05) is 0 Å². The number of alkyl halides is 2. The van der Waals surface area contributed by atoms with Crippen LogP contribution in [0, 0.1) is 5.92 Å². The Morgan fingerprint density at radius 1 is 1.25 bits per heavy atom. The van der Waals surface area contributed by atoms with Crippen molar-refractivity contribution in [2.24, 2.45) is 11.8 Å². The van der Waals surface area contributed by atoms with Crippen LogP contribution in [0.15, 0.2) is 0 Å². The zero-order valence-corrected chi connectivity index (χ0v) is 9.63. The molecule has 1 rings (SSSR count). The second kappa shape index (κ2) is 7.92. The van der Waals surface area contributed by atoms with Crippen LogP contribution in [0.2, 0.25) is 0 Å². The summed E-state index contributed by atoms with van der Waals surface area (Å²) in [6.07, 6.45) is 4.51. The number of nitrogens with one attached hydrogen (secondary N) is 1. The van der Waals surface area contributed by atoms with Gasteiger partial charge in [-0.05, 0) is 25.2 Å². The SMILES string of the molecule is NNC(CCOCC(F)F)C1CCCCC1. The van der Waals surface area contributed by atoms with E-state index in [1.54, 1.807) is 0 Å². The molecule has 5 heteroatoms. The first kappa shape index (κ1) is 13.8. The van der Waals surface area contributed by atoms with Gasteiger partial charge >= 0.3 is 0 Å². The predicted molar refractivity (Wildman–Crippen MR) is 59.1 cm³/mol. The Morgan fingerprint density at radius 2 is 1.94 bits per heavy atom. The number of rotatable bonds is 7. The minimum atomic E-state index is -2.38. The van der Waals surface area contributed by atoms with Gasteiger partial charge in [0.15, 0.2) is 0 Å². The number of hydrazine groups is 1. The Hall–Kier alpha value is -0.260. The molecule has 1 unspecified atom stereocenters. The molecule has 0 bridgehead atoms. The van der Waals surface area contributed by atoms with E-state index >= 15 is 0 Å². The summed E-state index contributed by atoms with van der Waals surface area (Å²) in [5, 5.41) is 0. The van der Waals surface area contributed by atoms with Crippen molar-refractivity contribution in [3.05, 3.63) is 0 Å². The predicted octanol–water partition coefficient (Wildman–Crippen LogP) is 2.07. The van der Waals surface area contributed by atoms with Gasteiger partial charge in [0.25, 0.3) is 6.43 Å². The Balaban J connectivity index is 2.15. The summed E-state index contributed by atoms with van der Waals surface area (Å²) in [5.41, 5.74) is 2.79. The molecule has 1 aliphatic rings. The van der Waals surface area contributed by atoms with Crippen LogP contribution in [0.25, 0.3) is 0 Å². The molecule has 0 aliphatic heterocycles. The molecular weight excluding hydrogens is 214 g/mol. The van der Waals surface area contributed by atoms with Gasteiger partial charge in [0, 0.05) is 12.6 Å². The molecule has 3 nitrogen and oxygen atoms in total. The molecule has 0 radical (unpaired) electrons. The molecule has 3 N–H and O–H groups in total. The quantitative estimate of drug-likeness (QED) is 0.404. The number of halogens is 2. The highest BCUT2D eigenvalue weighted by atomic mass is 19.3. The number of hydrogen-bond acceptors (Lipinski definition) is 3. The van der Waals surface area contributed by atoms with Crippen LogP contribution in [0.1, 0.15) is 38.5 Å². The van der Waals surface area contributed by atoms with Gasteiger partial charge in [-0.15, -0.1) is 0 Å². The largest absolute Gasteiger partial charge is 0.375 e. The second-order valence-electron chi connectivity index (χ2n) is 4.43. The molecule has 0 heterocycles. The van der Waals surface area contributed by atoms with Gasteiger partial charge in [-0.1, -0.05) is 19.3 Å². The maximum absolute atomic E-state index is 11.8. The summed E-state index contributed by atoms with van der Waals surface area (Å²) in [7, 11) is 0. The van der Waals surface area contributed by atoms with E-state index in [1.165, 1.54) is 32.1 Å². The van der Waals surface area contributed by atoms with E-state index in [0.29, 0.717) is 18.9 Å². The fourth-order valence-corrected chi connectivity index (χ4v) is 2.37. The summed E-state index contributed by atoms with van der Waals surface area (Å²) in [6, 6.07) is 0.206. The number of nitrogens with two attached hydrogens (primary N) is 1. The minimum Gasteiger partial charge on any atom is -0.375 e. The van der Waals surface area contributed by atoms with E-state index in [9.17, 15) is 8.78 Å². The third-order valence-electron chi connectivity index (χ3n) is 3.25. The van der Waals surface area contributed by atoms with Crippen LogP contribution in [-0.2, 0) is 4.74 Å². The molecule has 0 amide bonds. The Labute approximate surface area is 95.7 Å². The highest BCUT2D eigenvalue weighted by Crippen LogP contribution is 2.27. The third-order valence-corrected chi connectivity index (χ3v) is 3.25.